The van der Waals surface area contributed by atoms with Crippen molar-refractivity contribution in [2.24, 2.45) is 0 Å². The molecular weight excluding hydrogens is 295 g/mol. The normalized spacial score (nSPS) is 10.6. The second-order valence-electron chi connectivity index (χ2n) is 4.25. The van der Waals surface area contributed by atoms with Gasteiger partial charge in [0.05, 0.1) is 0 Å². The molecule has 6 heteroatoms. The summed E-state index contributed by atoms with van der Waals surface area (Å²) in [5.74, 6) is 0.909. The Balaban J connectivity index is 1.69. The molecule has 0 saturated heterocycles. The highest BCUT2D eigenvalue weighted by Gasteiger charge is 2.09. The van der Waals surface area contributed by atoms with Crippen molar-refractivity contribution in [3.8, 4) is 17.2 Å². The molecule has 0 unspecified atom stereocenters. The molecular formula is C15H10ClFN2O2. The van der Waals surface area contributed by atoms with Gasteiger partial charge in [-0.2, -0.15) is 0 Å². The lowest BCUT2D eigenvalue weighted by Gasteiger charge is -2.02. The molecule has 0 aliphatic rings. The van der Waals surface area contributed by atoms with Crippen molar-refractivity contribution in [2.45, 2.75) is 6.61 Å². The fraction of sp³-hybridized carbons (Fsp3) is 0.0667. The minimum absolute atomic E-state index is 0.110. The smallest absolute Gasteiger partial charge is 0.254 e. The van der Waals surface area contributed by atoms with Crippen molar-refractivity contribution in [2.75, 3.05) is 0 Å². The Labute approximate surface area is 125 Å². The van der Waals surface area contributed by atoms with Crippen molar-refractivity contribution in [3.05, 3.63) is 65.3 Å². The average molecular weight is 305 g/mol. The Hall–Kier alpha value is -2.40. The number of rotatable bonds is 4. The van der Waals surface area contributed by atoms with Gasteiger partial charge in [0.25, 0.3) is 5.89 Å². The summed E-state index contributed by atoms with van der Waals surface area (Å²) in [7, 11) is 0. The highest BCUT2D eigenvalue weighted by molar-refractivity contribution is 6.30. The van der Waals surface area contributed by atoms with Crippen molar-refractivity contribution < 1.29 is 13.5 Å². The van der Waals surface area contributed by atoms with Gasteiger partial charge in [0.2, 0.25) is 5.89 Å². The Morgan fingerprint density at radius 3 is 2.67 bits per heavy atom. The zero-order valence-corrected chi connectivity index (χ0v) is 11.5. The summed E-state index contributed by atoms with van der Waals surface area (Å²) in [4.78, 5) is 0. The van der Waals surface area contributed by atoms with Gasteiger partial charge in [0.15, 0.2) is 6.61 Å². The lowest BCUT2D eigenvalue weighted by atomic mass is 10.2. The van der Waals surface area contributed by atoms with E-state index < -0.39 is 0 Å². The van der Waals surface area contributed by atoms with Gasteiger partial charge < -0.3 is 9.15 Å². The van der Waals surface area contributed by atoms with Crippen LogP contribution < -0.4 is 4.74 Å². The lowest BCUT2D eigenvalue weighted by Crippen LogP contribution is -1.95. The van der Waals surface area contributed by atoms with Crippen LogP contribution in [-0.2, 0) is 6.61 Å². The van der Waals surface area contributed by atoms with E-state index in [0.29, 0.717) is 22.6 Å². The first kappa shape index (κ1) is 13.6. The zero-order chi connectivity index (χ0) is 14.7. The second kappa shape index (κ2) is 5.93. The summed E-state index contributed by atoms with van der Waals surface area (Å²) >= 11 is 5.91. The van der Waals surface area contributed by atoms with E-state index in [1.165, 1.54) is 24.3 Å². The number of halogens is 2. The molecule has 0 bridgehead atoms. The summed E-state index contributed by atoms with van der Waals surface area (Å²) in [5.41, 5.74) is 0.739. The topological polar surface area (TPSA) is 48.2 Å². The number of hydrogen-bond acceptors (Lipinski definition) is 4. The van der Waals surface area contributed by atoms with E-state index in [4.69, 9.17) is 20.8 Å². The molecule has 106 valence electrons. The van der Waals surface area contributed by atoms with Gasteiger partial charge in [-0.15, -0.1) is 10.2 Å². The molecule has 3 rings (SSSR count). The van der Waals surface area contributed by atoms with Gasteiger partial charge in [-0.1, -0.05) is 17.7 Å². The average Bonchev–Trinajstić information content (AvgIpc) is 2.96. The number of benzene rings is 2. The van der Waals surface area contributed by atoms with Crippen LogP contribution in [0.5, 0.6) is 5.75 Å². The summed E-state index contributed by atoms with van der Waals surface area (Å²) in [6.45, 7) is 0.110. The van der Waals surface area contributed by atoms with Crippen molar-refractivity contribution >= 4 is 11.6 Å². The maximum Gasteiger partial charge on any atom is 0.254 e. The van der Waals surface area contributed by atoms with Crippen molar-refractivity contribution in [1.29, 1.82) is 0 Å². The zero-order valence-electron chi connectivity index (χ0n) is 10.8. The van der Waals surface area contributed by atoms with Crippen LogP contribution >= 0.6 is 11.6 Å². The van der Waals surface area contributed by atoms with E-state index in [0.717, 1.165) is 5.56 Å². The first-order chi connectivity index (χ1) is 10.2. The lowest BCUT2D eigenvalue weighted by molar-refractivity contribution is 0.264. The van der Waals surface area contributed by atoms with Gasteiger partial charge in [-0.25, -0.2) is 4.39 Å². The molecule has 0 atom stereocenters. The molecule has 0 N–H and O–H groups in total. The first-order valence-electron chi connectivity index (χ1n) is 6.17. The Kier molecular flexibility index (Phi) is 3.83. The van der Waals surface area contributed by atoms with Crippen LogP contribution in [0.1, 0.15) is 5.89 Å². The van der Waals surface area contributed by atoms with E-state index in [9.17, 15) is 4.39 Å². The summed E-state index contributed by atoms with van der Waals surface area (Å²) in [6, 6.07) is 12.8. The minimum atomic E-state index is -0.316. The van der Waals surface area contributed by atoms with Gasteiger partial charge >= 0.3 is 0 Å². The Bertz CT molecular complexity index is 743. The predicted octanol–water partition coefficient (Wildman–Crippen LogP) is 4.11. The van der Waals surface area contributed by atoms with Gasteiger partial charge in [-0.05, 0) is 42.5 Å². The second-order valence-corrected chi connectivity index (χ2v) is 4.69. The van der Waals surface area contributed by atoms with E-state index >= 15 is 0 Å². The SMILES string of the molecule is Fc1ccc(OCc2nnc(-c3cccc(Cl)c3)o2)cc1. The van der Waals surface area contributed by atoms with Crippen LogP contribution in [0.3, 0.4) is 0 Å². The molecule has 0 radical (unpaired) electrons. The number of nitrogens with zero attached hydrogens (tertiary/aromatic N) is 2. The molecule has 1 heterocycles. The summed E-state index contributed by atoms with van der Waals surface area (Å²) in [5, 5.41) is 8.43. The van der Waals surface area contributed by atoms with Crippen LogP contribution in [0.4, 0.5) is 4.39 Å². The largest absolute Gasteiger partial charge is 0.484 e. The quantitative estimate of drug-likeness (QED) is 0.728. The van der Waals surface area contributed by atoms with Gasteiger partial charge in [0.1, 0.15) is 11.6 Å². The highest BCUT2D eigenvalue weighted by atomic mass is 35.5. The number of aromatic nitrogens is 2. The van der Waals surface area contributed by atoms with E-state index in [-0.39, 0.29) is 12.4 Å². The summed E-state index contributed by atoms with van der Waals surface area (Å²) < 4.78 is 23.7. The molecule has 0 amide bonds. The Morgan fingerprint density at radius 2 is 1.90 bits per heavy atom. The molecule has 0 aliphatic carbocycles. The summed E-state index contributed by atoms with van der Waals surface area (Å²) in [6.07, 6.45) is 0. The number of hydrogen-bond donors (Lipinski definition) is 0. The van der Waals surface area contributed by atoms with Crippen molar-refractivity contribution in [3.63, 3.8) is 0 Å². The minimum Gasteiger partial charge on any atom is -0.484 e. The molecule has 3 aromatic rings. The molecule has 0 fully saturated rings. The van der Waals surface area contributed by atoms with Crippen molar-refractivity contribution in [1.82, 2.24) is 10.2 Å². The third kappa shape index (κ3) is 3.38. The monoisotopic (exact) mass is 304 g/mol. The number of ether oxygens (including phenoxy) is 1. The standard InChI is InChI=1S/C15H10ClFN2O2/c16-11-3-1-2-10(8-11)15-19-18-14(21-15)9-20-13-6-4-12(17)5-7-13/h1-8H,9H2. The molecule has 0 aliphatic heterocycles. The van der Waals surface area contributed by atoms with Crippen LogP contribution in [0.25, 0.3) is 11.5 Å². The maximum atomic E-state index is 12.8. The fourth-order valence-corrected chi connectivity index (χ4v) is 1.92. The van der Waals surface area contributed by atoms with Gasteiger partial charge in [0, 0.05) is 10.6 Å². The first-order valence-corrected chi connectivity index (χ1v) is 6.55. The maximum absolute atomic E-state index is 12.8. The molecule has 0 spiro atoms. The third-order valence-electron chi connectivity index (χ3n) is 2.71. The molecule has 1 aromatic heterocycles. The molecule has 4 nitrogen and oxygen atoms in total. The predicted molar refractivity (Wildman–Crippen MR) is 75.5 cm³/mol. The van der Waals surface area contributed by atoms with Crippen LogP contribution in [0, 0.1) is 5.82 Å². The van der Waals surface area contributed by atoms with Crippen LogP contribution in [0.15, 0.2) is 52.9 Å². The Morgan fingerprint density at radius 1 is 1.10 bits per heavy atom. The van der Waals surface area contributed by atoms with Crippen LogP contribution in [-0.4, -0.2) is 10.2 Å². The van der Waals surface area contributed by atoms with E-state index in [1.54, 1.807) is 18.2 Å². The molecule has 0 saturated carbocycles. The van der Waals surface area contributed by atoms with E-state index in [1.807, 2.05) is 6.07 Å². The van der Waals surface area contributed by atoms with Crippen LogP contribution in [0.2, 0.25) is 5.02 Å². The highest BCUT2D eigenvalue weighted by Crippen LogP contribution is 2.22. The molecule has 21 heavy (non-hydrogen) atoms. The van der Waals surface area contributed by atoms with E-state index in [2.05, 4.69) is 10.2 Å². The van der Waals surface area contributed by atoms with Gasteiger partial charge in [-0.3, -0.25) is 0 Å². The molecule has 2 aromatic carbocycles. The third-order valence-corrected chi connectivity index (χ3v) is 2.95. The fourth-order valence-electron chi connectivity index (χ4n) is 1.73.